The minimum Gasteiger partial charge on any atom is -0.471 e. The molecule has 2 aromatic heterocycles. The Balaban J connectivity index is 1.36. The first-order valence-corrected chi connectivity index (χ1v) is 9.10. The molecule has 128 valence electrons. The van der Waals surface area contributed by atoms with Gasteiger partial charge in [-0.2, -0.15) is 0 Å². The minimum atomic E-state index is 0.235. The normalized spacial score (nSPS) is 28.4. The van der Waals surface area contributed by atoms with Crippen LogP contribution in [0.3, 0.4) is 0 Å². The molecule has 3 fully saturated rings. The van der Waals surface area contributed by atoms with E-state index in [2.05, 4.69) is 51.3 Å². The van der Waals surface area contributed by atoms with E-state index >= 15 is 0 Å². The molecular formula is C20H22N4O. The molecule has 1 N–H and O–H groups in total. The number of nitrogens with zero attached hydrogens (tertiary/aromatic N) is 3. The Morgan fingerprint density at radius 1 is 1.08 bits per heavy atom. The second-order valence-corrected chi connectivity index (χ2v) is 7.23. The molecule has 3 saturated heterocycles. The van der Waals surface area contributed by atoms with Crippen molar-refractivity contribution in [3.05, 3.63) is 42.6 Å². The van der Waals surface area contributed by atoms with Gasteiger partial charge in [0, 0.05) is 34.8 Å². The number of aromatic nitrogens is 3. The van der Waals surface area contributed by atoms with E-state index in [-0.39, 0.29) is 6.10 Å². The Bertz CT molecular complexity index is 878. The predicted octanol–water partition coefficient (Wildman–Crippen LogP) is 3.49. The van der Waals surface area contributed by atoms with Crippen molar-refractivity contribution in [1.29, 1.82) is 0 Å². The SMILES string of the molecule is CC1C(Oc2ccc(-c3ccc4[nH]ccc4c3)nn2)C2CCN1CC2. The number of hydrogen-bond donors (Lipinski definition) is 1. The van der Waals surface area contributed by atoms with Crippen molar-refractivity contribution in [2.24, 2.45) is 5.92 Å². The molecule has 3 aliphatic heterocycles. The van der Waals surface area contributed by atoms with Gasteiger partial charge in [0.15, 0.2) is 0 Å². The van der Waals surface area contributed by atoms with Crippen LogP contribution in [0.4, 0.5) is 0 Å². The van der Waals surface area contributed by atoms with Crippen molar-refractivity contribution in [2.75, 3.05) is 13.1 Å². The molecule has 1 aromatic carbocycles. The molecule has 0 aliphatic carbocycles. The van der Waals surface area contributed by atoms with Gasteiger partial charge in [0.05, 0.1) is 5.69 Å². The fourth-order valence-corrected chi connectivity index (χ4v) is 4.34. The maximum atomic E-state index is 6.23. The zero-order valence-corrected chi connectivity index (χ0v) is 14.4. The Morgan fingerprint density at radius 3 is 2.72 bits per heavy atom. The monoisotopic (exact) mass is 334 g/mol. The summed E-state index contributed by atoms with van der Waals surface area (Å²) >= 11 is 0. The quantitative estimate of drug-likeness (QED) is 0.797. The largest absolute Gasteiger partial charge is 0.471 e. The van der Waals surface area contributed by atoms with Gasteiger partial charge in [0.25, 0.3) is 0 Å². The van der Waals surface area contributed by atoms with Gasteiger partial charge in [0.1, 0.15) is 6.10 Å². The van der Waals surface area contributed by atoms with Crippen molar-refractivity contribution in [3.63, 3.8) is 0 Å². The fourth-order valence-electron chi connectivity index (χ4n) is 4.34. The van der Waals surface area contributed by atoms with Crippen LogP contribution in [0.2, 0.25) is 0 Å². The van der Waals surface area contributed by atoms with Crippen molar-refractivity contribution in [3.8, 4) is 17.1 Å². The topological polar surface area (TPSA) is 54.0 Å². The molecule has 0 saturated carbocycles. The van der Waals surface area contributed by atoms with Crippen LogP contribution in [-0.2, 0) is 0 Å². The number of ether oxygens (including phenoxy) is 1. The number of H-pyrrole nitrogens is 1. The van der Waals surface area contributed by atoms with E-state index in [9.17, 15) is 0 Å². The minimum absolute atomic E-state index is 0.235. The van der Waals surface area contributed by atoms with Crippen LogP contribution in [0.1, 0.15) is 19.8 Å². The highest BCUT2D eigenvalue weighted by Gasteiger charge is 2.41. The van der Waals surface area contributed by atoms with E-state index < -0.39 is 0 Å². The van der Waals surface area contributed by atoms with Crippen LogP contribution in [0.25, 0.3) is 22.2 Å². The number of aromatic amines is 1. The van der Waals surface area contributed by atoms with Gasteiger partial charge >= 0.3 is 0 Å². The van der Waals surface area contributed by atoms with E-state index in [0.717, 1.165) is 16.8 Å². The van der Waals surface area contributed by atoms with Crippen molar-refractivity contribution >= 4 is 10.9 Å². The van der Waals surface area contributed by atoms with Crippen molar-refractivity contribution in [2.45, 2.75) is 31.9 Å². The van der Waals surface area contributed by atoms with Crippen LogP contribution in [-0.4, -0.2) is 45.3 Å². The number of hydrogen-bond acceptors (Lipinski definition) is 4. The van der Waals surface area contributed by atoms with Crippen LogP contribution in [0.15, 0.2) is 42.6 Å². The lowest BCUT2D eigenvalue weighted by atomic mass is 9.81. The molecule has 5 heteroatoms. The van der Waals surface area contributed by atoms with Crippen LogP contribution < -0.4 is 4.74 Å². The van der Waals surface area contributed by atoms with E-state index in [1.165, 1.54) is 31.3 Å². The summed E-state index contributed by atoms with van der Waals surface area (Å²) in [6, 6.07) is 12.8. The summed E-state index contributed by atoms with van der Waals surface area (Å²) < 4.78 is 6.23. The van der Waals surface area contributed by atoms with Crippen molar-refractivity contribution < 1.29 is 4.74 Å². The van der Waals surface area contributed by atoms with E-state index in [1.54, 1.807) is 0 Å². The van der Waals surface area contributed by atoms with E-state index in [1.807, 2.05) is 18.3 Å². The van der Waals surface area contributed by atoms with Crippen LogP contribution in [0.5, 0.6) is 5.88 Å². The Hall–Kier alpha value is -2.40. The van der Waals surface area contributed by atoms with Crippen molar-refractivity contribution in [1.82, 2.24) is 20.1 Å². The predicted molar refractivity (Wildman–Crippen MR) is 97.5 cm³/mol. The standard InChI is InChI=1S/C20H22N4O/c1-13-20(14-7-10-24(13)11-8-14)25-19-5-4-18(22-23-19)15-2-3-17-16(12-15)6-9-21-17/h2-6,9,12-14,20-21H,7-8,10-11H2,1H3. The Morgan fingerprint density at radius 2 is 1.96 bits per heavy atom. The second-order valence-electron chi connectivity index (χ2n) is 7.23. The Kier molecular flexibility index (Phi) is 3.48. The van der Waals surface area contributed by atoms with Crippen LogP contribution >= 0.6 is 0 Å². The first-order chi connectivity index (χ1) is 12.3. The van der Waals surface area contributed by atoms with E-state index in [0.29, 0.717) is 17.8 Å². The molecule has 5 heterocycles. The number of rotatable bonds is 3. The lowest BCUT2D eigenvalue weighted by Crippen LogP contribution is -2.58. The zero-order chi connectivity index (χ0) is 16.8. The number of piperidine rings is 3. The molecule has 0 amide bonds. The highest BCUT2D eigenvalue weighted by atomic mass is 16.5. The maximum Gasteiger partial charge on any atom is 0.233 e. The summed E-state index contributed by atoms with van der Waals surface area (Å²) in [4.78, 5) is 5.74. The lowest BCUT2D eigenvalue weighted by molar-refractivity contribution is -0.0528. The molecule has 2 bridgehead atoms. The average molecular weight is 334 g/mol. The first-order valence-electron chi connectivity index (χ1n) is 9.10. The van der Waals surface area contributed by atoms with Gasteiger partial charge in [-0.1, -0.05) is 6.07 Å². The Labute approximate surface area is 147 Å². The third-order valence-electron chi connectivity index (χ3n) is 5.84. The molecule has 3 aromatic rings. The summed E-state index contributed by atoms with van der Waals surface area (Å²) in [5.74, 6) is 1.29. The maximum absolute atomic E-state index is 6.23. The third kappa shape index (κ3) is 2.59. The smallest absolute Gasteiger partial charge is 0.233 e. The molecule has 3 aliphatic rings. The highest BCUT2D eigenvalue weighted by Crippen LogP contribution is 2.34. The summed E-state index contributed by atoms with van der Waals surface area (Å²) in [6.45, 7) is 4.68. The fraction of sp³-hybridized carbons (Fsp3) is 0.400. The first kappa shape index (κ1) is 14.9. The molecular weight excluding hydrogens is 312 g/mol. The summed E-state index contributed by atoms with van der Waals surface area (Å²) in [5.41, 5.74) is 3.08. The summed E-state index contributed by atoms with van der Waals surface area (Å²) in [7, 11) is 0. The number of fused-ring (bicyclic) bond motifs is 4. The van der Waals surface area contributed by atoms with Gasteiger partial charge in [-0.05, 0) is 63.0 Å². The molecule has 5 nitrogen and oxygen atoms in total. The highest BCUT2D eigenvalue weighted by molar-refractivity contribution is 5.84. The summed E-state index contributed by atoms with van der Waals surface area (Å²) in [5, 5.41) is 9.91. The molecule has 2 atom stereocenters. The van der Waals surface area contributed by atoms with Gasteiger partial charge in [0.2, 0.25) is 5.88 Å². The summed E-state index contributed by atoms with van der Waals surface area (Å²) in [6.07, 6.45) is 4.65. The molecule has 2 unspecified atom stereocenters. The number of nitrogens with one attached hydrogen (secondary N) is 1. The van der Waals surface area contributed by atoms with Crippen LogP contribution in [0, 0.1) is 5.92 Å². The van der Waals surface area contributed by atoms with E-state index in [4.69, 9.17) is 4.74 Å². The van der Waals surface area contributed by atoms with Gasteiger partial charge in [-0.25, -0.2) is 0 Å². The third-order valence-corrected chi connectivity index (χ3v) is 5.84. The molecule has 0 spiro atoms. The van der Waals surface area contributed by atoms with Gasteiger partial charge < -0.3 is 9.72 Å². The zero-order valence-electron chi connectivity index (χ0n) is 14.4. The molecule has 0 radical (unpaired) electrons. The molecule has 25 heavy (non-hydrogen) atoms. The second kappa shape index (κ2) is 5.85. The average Bonchev–Trinajstić information content (AvgIpc) is 3.13. The number of benzene rings is 1. The van der Waals surface area contributed by atoms with Gasteiger partial charge in [-0.3, -0.25) is 4.90 Å². The molecule has 6 rings (SSSR count). The lowest BCUT2D eigenvalue weighted by Gasteiger charge is -2.48. The van der Waals surface area contributed by atoms with Gasteiger partial charge in [-0.15, -0.1) is 10.2 Å².